The summed E-state index contributed by atoms with van der Waals surface area (Å²) in [6.45, 7) is 4.73. The van der Waals surface area contributed by atoms with Gasteiger partial charge < -0.3 is 15.2 Å². The monoisotopic (exact) mass is 423 g/mol. The number of pyridine rings is 1. The molecule has 6 nitrogen and oxygen atoms in total. The van der Waals surface area contributed by atoms with Crippen molar-refractivity contribution in [1.82, 2.24) is 15.2 Å². The third-order valence-electron chi connectivity index (χ3n) is 5.91. The Labute approximate surface area is 184 Å². The lowest BCUT2D eigenvalue weighted by Crippen LogP contribution is -2.33. The number of piperidine rings is 1. The second kappa shape index (κ2) is 11.6. The maximum absolute atomic E-state index is 12.9. The van der Waals surface area contributed by atoms with Crippen LogP contribution >= 0.6 is 0 Å². The number of ketones is 1. The van der Waals surface area contributed by atoms with Crippen molar-refractivity contribution >= 4 is 11.7 Å². The van der Waals surface area contributed by atoms with Crippen molar-refractivity contribution in [3.8, 4) is 0 Å². The molecule has 2 aromatic rings. The lowest BCUT2D eigenvalue weighted by molar-refractivity contribution is 0.0953. The number of nitrogens with one attached hydrogen (secondary N) is 2. The average molecular weight is 424 g/mol. The Morgan fingerprint density at radius 3 is 2.58 bits per heavy atom. The molecule has 1 fully saturated rings. The molecule has 3 rings (SSSR count). The van der Waals surface area contributed by atoms with Gasteiger partial charge in [-0.25, -0.2) is 0 Å². The van der Waals surface area contributed by atoms with Crippen LogP contribution in [-0.4, -0.2) is 35.9 Å². The third-order valence-corrected chi connectivity index (χ3v) is 5.91. The summed E-state index contributed by atoms with van der Waals surface area (Å²) in [5, 5.41) is 6.06. The van der Waals surface area contributed by atoms with E-state index in [0.29, 0.717) is 25.1 Å². The van der Waals surface area contributed by atoms with E-state index in [0.717, 1.165) is 43.8 Å². The first kappa shape index (κ1) is 22.9. The highest BCUT2D eigenvalue weighted by atomic mass is 16.2. The van der Waals surface area contributed by atoms with Gasteiger partial charge in [0.25, 0.3) is 11.5 Å². The third kappa shape index (κ3) is 6.62. The molecule has 2 N–H and O–H groups in total. The molecule has 0 bridgehead atoms. The molecular weight excluding hydrogens is 390 g/mol. The summed E-state index contributed by atoms with van der Waals surface area (Å²) < 4.78 is 1.47. The summed E-state index contributed by atoms with van der Waals surface area (Å²) in [6.07, 6.45) is 7.49. The van der Waals surface area contributed by atoms with Crippen LogP contribution in [0, 0.1) is 5.92 Å². The van der Waals surface area contributed by atoms with Crippen LogP contribution in [0.2, 0.25) is 0 Å². The molecule has 1 aromatic carbocycles. The van der Waals surface area contributed by atoms with Gasteiger partial charge in [-0.1, -0.05) is 43.2 Å². The zero-order chi connectivity index (χ0) is 22.1. The van der Waals surface area contributed by atoms with Crippen LogP contribution < -0.4 is 16.2 Å². The number of amides is 1. The molecule has 0 saturated carbocycles. The van der Waals surface area contributed by atoms with Gasteiger partial charge in [0.05, 0.1) is 6.54 Å². The molecule has 31 heavy (non-hydrogen) atoms. The van der Waals surface area contributed by atoms with E-state index in [1.54, 1.807) is 13.1 Å². The minimum absolute atomic E-state index is 0.0160. The van der Waals surface area contributed by atoms with E-state index in [1.165, 1.54) is 23.5 Å². The van der Waals surface area contributed by atoms with Crippen LogP contribution in [0.3, 0.4) is 0 Å². The van der Waals surface area contributed by atoms with Crippen LogP contribution in [0.5, 0.6) is 0 Å². The van der Waals surface area contributed by atoms with Crippen LogP contribution in [0.1, 0.15) is 71.7 Å². The van der Waals surface area contributed by atoms with E-state index in [9.17, 15) is 14.4 Å². The lowest BCUT2D eigenvalue weighted by Gasteiger charge is -2.22. The molecule has 1 saturated heterocycles. The van der Waals surface area contributed by atoms with Crippen molar-refractivity contribution in [1.29, 1.82) is 0 Å². The largest absolute Gasteiger partial charge is 0.352 e. The zero-order valence-corrected chi connectivity index (χ0v) is 18.4. The molecule has 166 valence electrons. The highest BCUT2D eigenvalue weighted by Crippen LogP contribution is 2.20. The molecule has 2 heterocycles. The van der Waals surface area contributed by atoms with Crippen molar-refractivity contribution in [3.05, 3.63) is 69.6 Å². The maximum atomic E-state index is 12.9. The highest BCUT2D eigenvalue weighted by molar-refractivity contribution is 6.00. The molecule has 1 aliphatic rings. The number of carbonyl (C=O) groups is 2. The van der Waals surface area contributed by atoms with Crippen molar-refractivity contribution in [2.45, 2.75) is 52.0 Å². The standard InChI is InChI=1S/C25H33N3O3/c1-2-27-24(30)22-16-21(18-28(25(22)31)17-20-9-4-3-5-10-20)23(29)11-7-6-8-19-12-14-26-15-13-19/h3-5,9-10,16,18-19,26H,2,6-8,11-15,17H2,1H3,(H,27,30). The van der Waals surface area contributed by atoms with Gasteiger partial charge in [0.15, 0.2) is 5.78 Å². The van der Waals surface area contributed by atoms with Crippen molar-refractivity contribution in [2.24, 2.45) is 5.92 Å². The number of carbonyl (C=O) groups excluding carboxylic acids is 2. The van der Waals surface area contributed by atoms with Crippen molar-refractivity contribution in [2.75, 3.05) is 19.6 Å². The van der Waals surface area contributed by atoms with E-state index in [2.05, 4.69) is 10.6 Å². The number of hydrogen-bond donors (Lipinski definition) is 2. The molecule has 0 radical (unpaired) electrons. The fourth-order valence-electron chi connectivity index (χ4n) is 4.14. The number of nitrogens with zero attached hydrogens (tertiary/aromatic N) is 1. The first-order valence-corrected chi connectivity index (χ1v) is 11.4. The van der Waals surface area contributed by atoms with Crippen LogP contribution in [0.4, 0.5) is 0 Å². The van der Waals surface area contributed by atoms with Crippen LogP contribution in [-0.2, 0) is 6.54 Å². The van der Waals surface area contributed by atoms with Gasteiger partial charge in [0.2, 0.25) is 0 Å². The van der Waals surface area contributed by atoms with Crippen LogP contribution in [0.15, 0.2) is 47.4 Å². The van der Waals surface area contributed by atoms with E-state index >= 15 is 0 Å². The molecule has 1 amide bonds. The Bertz CT molecular complexity index is 931. The Balaban J connectivity index is 1.72. The summed E-state index contributed by atoms with van der Waals surface area (Å²) in [7, 11) is 0. The maximum Gasteiger partial charge on any atom is 0.263 e. The zero-order valence-electron chi connectivity index (χ0n) is 18.4. The van der Waals surface area contributed by atoms with Gasteiger partial charge in [-0.05, 0) is 56.8 Å². The summed E-state index contributed by atoms with van der Waals surface area (Å²) >= 11 is 0. The van der Waals surface area contributed by atoms with E-state index in [4.69, 9.17) is 0 Å². The fraction of sp³-hybridized carbons (Fsp3) is 0.480. The van der Waals surface area contributed by atoms with Gasteiger partial charge in [-0.2, -0.15) is 0 Å². The van der Waals surface area contributed by atoms with E-state index in [-0.39, 0.29) is 16.9 Å². The van der Waals surface area contributed by atoms with Gasteiger partial charge in [0, 0.05) is 24.7 Å². The van der Waals surface area contributed by atoms with Gasteiger partial charge in [-0.15, -0.1) is 0 Å². The number of unbranched alkanes of at least 4 members (excludes halogenated alkanes) is 1. The molecule has 1 aromatic heterocycles. The van der Waals surface area contributed by atoms with E-state index < -0.39 is 5.91 Å². The highest BCUT2D eigenvalue weighted by Gasteiger charge is 2.18. The summed E-state index contributed by atoms with van der Waals surface area (Å²) in [4.78, 5) is 38.2. The Hall–Kier alpha value is -2.73. The van der Waals surface area contributed by atoms with Gasteiger partial charge in [-0.3, -0.25) is 14.4 Å². The molecular formula is C25H33N3O3. The minimum atomic E-state index is -0.435. The summed E-state index contributed by atoms with van der Waals surface area (Å²) in [6, 6.07) is 11.0. The quantitative estimate of drug-likeness (QED) is 0.453. The normalized spacial score (nSPS) is 14.4. The second-order valence-corrected chi connectivity index (χ2v) is 8.28. The van der Waals surface area contributed by atoms with E-state index in [1.807, 2.05) is 30.3 Å². The first-order chi connectivity index (χ1) is 15.1. The molecule has 1 aliphatic heterocycles. The Morgan fingerprint density at radius 1 is 1.13 bits per heavy atom. The predicted molar refractivity (Wildman–Crippen MR) is 123 cm³/mol. The van der Waals surface area contributed by atoms with Crippen molar-refractivity contribution in [3.63, 3.8) is 0 Å². The number of aromatic nitrogens is 1. The molecule has 0 spiro atoms. The molecule has 0 atom stereocenters. The SMILES string of the molecule is CCNC(=O)c1cc(C(=O)CCCCC2CCNCC2)cn(Cc2ccccc2)c1=O. The smallest absolute Gasteiger partial charge is 0.263 e. The first-order valence-electron chi connectivity index (χ1n) is 11.4. The molecule has 0 aliphatic carbocycles. The Kier molecular flexibility index (Phi) is 8.59. The Morgan fingerprint density at radius 2 is 1.87 bits per heavy atom. The molecule has 0 unspecified atom stereocenters. The number of benzene rings is 1. The number of hydrogen-bond acceptors (Lipinski definition) is 4. The number of Topliss-reactive ketones (excluding diaryl/α,β-unsaturated/α-hetero) is 1. The van der Waals surface area contributed by atoms with Crippen LogP contribution in [0.25, 0.3) is 0 Å². The average Bonchev–Trinajstić information content (AvgIpc) is 2.79. The summed E-state index contributed by atoms with van der Waals surface area (Å²) in [5.41, 5.74) is 1.02. The topological polar surface area (TPSA) is 80.2 Å². The number of rotatable bonds is 10. The fourth-order valence-corrected chi connectivity index (χ4v) is 4.14. The second-order valence-electron chi connectivity index (χ2n) is 8.28. The lowest BCUT2D eigenvalue weighted by atomic mass is 9.92. The van der Waals surface area contributed by atoms with Crippen molar-refractivity contribution < 1.29 is 9.59 Å². The van der Waals surface area contributed by atoms with Gasteiger partial charge >= 0.3 is 0 Å². The minimum Gasteiger partial charge on any atom is -0.352 e. The molecule has 6 heteroatoms. The predicted octanol–water partition coefficient (Wildman–Crippen LogP) is 3.39. The van der Waals surface area contributed by atoms with Gasteiger partial charge in [0.1, 0.15) is 5.56 Å². The summed E-state index contributed by atoms with van der Waals surface area (Å²) in [5.74, 6) is 0.306.